The molecular formula is C17H24N2O3S. The van der Waals surface area contributed by atoms with E-state index in [2.05, 4.69) is 17.3 Å². The molecule has 1 aromatic carbocycles. The summed E-state index contributed by atoms with van der Waals surface area (Å²) in [5.74, 6) is 1.31. The highest BCUT2D eigenvalue weighted by Gasteiger charge is 2.39. The molecule has 1 aliphatic heterocycles. The number of carbonyl (C=O) groups is 1. The molecule has 0 bridgehead atoms. The molecule has 1 N–H and O–H groups in total. The Balaban J connectivity index is 1.61. The van der Waals surface area contributed by atoms with Gasteiger partial charge in [-0.15, -0.1) is 0 Å². The first-order chi connectivity index (χ1) is 10.8. The first kappa shape index (κ1) is 16.5. The molecule has 23 heavy (non-hydrogen) atoms. The van der Waals surface area contributed by atoms with Crippen LogP contribution in [0.4, 0.5) is 0 Å². The van der Waals surface area contributed by atoms with Gasteiger partial charge in [-0.05, 0) is 49.4 Å². The van der Waals surface area contributed by atoms with Crippen LogP contribution in [0.3, 0.4) is 0 Å². The fourth-order valence-electron chi connectivity index (χ4n) is 3.85. The third-order valence-corrected chi connectivity index (χ3v) is 6.36. The SMILES string of the molecule is CN(Cc1ccc(S(C)(=O)=O)cc1)[C@H]1C[C@H]2CC(=O)NC[C@H]2C1. The second-order valence-corrected chi connectivity index (χ2v) is 9.00. The third kappa shape index (κ3) is 3.75. The third-order valence-electron chi connectivity index (χ3n) is 5.23. The second kappa shape index (κ2) is 6.24. The molecule has 0 unspecified atom stereocenters. The van der Waals surface area contributed by atoms with Crippen LogP contribution in [0, 0.1) is 11.8 Å². The van der Waals surface area contributed by atoms with E-state index in [9.17, 15) is 13.2 Å². The summed E-state index contributed by atoms with van der Waals surface area (Å²) < 4.78 is 23.0. The summed E-state index contributed by atoms with van der Waals surface area (Å²) in [6.07, 6.45) is 4.10. The molecule has 126 valence electrons. The molecule has 3 atom stereocenters. The number of rotatable bonds is 4. The molecule has 1 aromatic rings. The van der Waals surface area contributed by atoms with Crippen molar-refractivity contribution >= 4 is 15.7 Å². The minimum atomic E-state index is -3.14. The Bertz CT molecular complexity index is 684. The lowest BCUT2D eigenvalue weighted by atomic mass is 9.89. The molecule has 1 amide bonds. The van der Waals surface area contributed by atoms with E-state index in [1.54, 1.807) is 12.1 Å². The van der Waals surface area contributed by atoms with Gasteiger partial charge in [0.25, 0.3) is 0 Å². The zero-order valence-electron chi connectivity index (χ0n) is 13.7. The summed E-state index contributed by atoms with van der Waals surface area (Å²) in [6, 6.07) is 7.62. The van der Waals surface area contributed by atoms with Crippen LogP contribution >= 0.6 is 0 Å². The Morgan fingerprint density at radius 1 is 1.17 bits per heavy atom. The van der Waals surface area contributed by atoms with Crippen LogP contribution in [0.5, 0.6) is 0 Å². The van der Waals surface area contributed by atoms with Gasteiger partial charge >= 0.3 is 0 Å². The van der Waals surface area contributed by atoms with E-state index in [1.807, 2.05) is 12.1 Å². The van der Waals surface area contributed by atoms with E-state index in [0.29, 0.717) is 29.2 Å². The molecule has 1 saturated carbocycles. The summed E-state index contributed by atoms with van der Waals surface area (Å²) in [6.45, 7) is 1.62. The number of amides is 1. The van der Waals surface area contributed by atoms with Crippen molar-refractivity contribution in [2.75, 3.05) is 19.8 Å². The highest BCUT2D eigenvalue weighted by molar-refractivity contribution is 7.90. The molecule has 2 aliphatic rings. The number of hydrogen-bond acceptors (Lipinski definition) is 4. The normalized spacial score (nSPS) is 27.8. The molecule has 1 aliphatic carbocycles. The van der Waals surface area contributed by atoms with Crippen molar-refractivity contribution in [3.05, 3.63) is 29.8 Å². The highest BCUT2D eigenvalue weighted by atomic mass is 32.2. The monoisotopic (exact) mass is 336 g/mol. The van der Waals surface area contributed by atoms with E-state index < -0.39 is 9.84 Å². The molecule has 3 rings (SSSR count). The van der Waals surface area contributed by atoms with Gasteiger partial charge in [-0.1, -0.05) is 12.1 Å². The summed E-state index contributed by atoms with van der Waals surface area (Å²) in [7, 11) is -1.02. The van der Waals surface area contributed by atoms with Crippen LogP contribution in [-0.4, -0.2) is 45.1 Å². The first-order valence-electron chi connectivity index (χ1n) is 8.09. The van der Waals surface area contributed by atoms with Crippen LogP contribution in [0.2, 0.25) is 0 Å². The summed E-state index contributed by atoms with van der Waals surface area (Å²) in [5.41, 5.74) is 1.11. The van der Waals surface area contributed by atoms with Gasteiger partial charge in [0.15, 0.2) is 9.84 Å². The number of piperidine rings is 1. The maximum absolute atomic E-state index is 11.5. The molecular weight excluding hydrogens is 312 g/mol. The standard InChI is InChI=1S/C17H24N2O3S/c1-19(11-12-3-5-16(6-4-12)23(2,21)22)15-7-13-9-17(20)18-10-14(13)8-15/h3-6,13-15H,7-11H2,1-2H3,(H,18,20)/t13-,14+,15-/m0/s1. The van der Waals surface area contributed by atoms with E-state index in [-0.39, 0.29) is 5.91 Å². The molecule has 1 saturated heterocycles. The Morgan fingerprint density at radius 2 is 1.83 bits per heavy atom. The number of fused-ring (bicyclic) bond motifs is 1. The Kier molecular flexibility index (Phi) is 4.47. The number of carbonyl (C=O) groups excluding carboxylic acids is 1. The maximum atomic E-state index is 11.5. The molecule has 2 fully saturated rings. The van der Waals surface area contributed by atoms with Crippen molar-refractivity contribution in [2.24, 2.45) is 11.8 Å². The number of nitrogens with zero attached hydrogens (tertiary/aromatic N) is 1. The van der Waals surface area contributed by atoms with Crippen LogP contribution < -0.4 is 5.32 Å². The summed E-state index contributed by atoms with van der Waals surface area (Å²) in [5, 5.41) is 2.97. The van der Waals surface area contributed by atoms with E-state index >= 15 is 0 Å². The summed E-state index contributed by atoms with van der Waals surface area (Å²) in [4.78, 5) is 14.2. The van der Waals surface area contributed by atoms with Crippen LogP contribution in [0.25, 0.3) is 0 Å². The van der Waals surface area contributed by atoms with Crippen LogP contribution in [0.15, 0.2) is 29.2 Å². The fraction of sp³-hybridized carbons (Fsp3) is 0.588. The minimum Gasteiger partial charge on any atom is -0.356 e. The minimum absolute atomic E-state index is 0.186. The van der Waals surface area contributed by atoms with Crippen molar-refractivity contribution in [3.63, 3.8) is 0 Å². The fourth-order valence-corrected chi connectivity index (χ4v) is 4.48. The highest BCUT2D eigenvalue weighted by Crippen LogP contribution is 2.38. The Hall–Kier alpha value is -1.40. The van der Waals surface area contributed by atoms with Gasteiger partial charge in [0.1, 0.15) is 0 Å². The zero-order chi connectivity index (χ0) is 16.6. The molecule has 5 nitrogen and oxygen atoms in total. The predicted molar refractivity (Wildman–Crippen MR) is 88.6 cm³/mol. The molecule has 0 spiro atoms. The molecule has 0 radical (unpaired) electrons. The Morgan fingerprint density at radius 3 is 2.48 bits per heavy atom. The molecule has 1 heterocycles. The van der Waals surface area contributed by atoms with Gasteiger partial charge in [-0.3, -0.25) is 9.69 Å². The lowest BCUT2D eigenvalue weighted by Gasteiger charge is -2.24. The lowest BCUT2D eigenvalue weighted by Crippen LogP contribution is -2.38. The molecule has 0 aromatic heterocycles. The van der Waals surface area contributed by atoms with Crippen molar-refractivity contribution in [1.29, 1.82) is 0 Å². The summed E-state index contributed by atoms with van der Waals surface area (Å²) >= 11 is 0. The van der Waals surface area contributed by atoms with Gasteiger partial charge in [0, 0.05) is 31.8 Å². The second-order valence-electron chi connectivity index (χ2n) is 6.98. The van der Waals surface area contributed by atoms with Gasteiger partial charge in [-0.2, -0.15) is 0 Å². The number of hydrogen-bond donors (Lipinski definition) is 1. The van der Waals surface area contributed by atoms with Crippen molar-refractivity contribution < 1.29 is 13.2 Å². The van der Waals surface area contributed by atoms with E-state index in [4.69, 9.17) is 0 Å². The quantitative estimate of drug-likeness (QED) is 0.903. The van der Waals surface area contributed by atoms with Gasteiger partial charge in [0.2, 0.25) is 5.91 Å². The van der Waals surface area contributed by atoms with Gasteiger partial charge in [-0.25, -0.2) is 8.42 Å². The van der Waals surface area contributed by atoms with Crippen molar-refractivity contribution in [1.82, 2.24) is 10.2 Å². The molecule has 6 heteroatoms. The maximum Gasteiger partial charge on any atom is 0.220 e. The van der Waals surface area contributed by atoms with E-state index in [1.165, 1.54) is 6.26 Å². The average Bonchev–Trinajstić information content (AvgIpc) is 2.90. The van der Waals surface area contributed by atoms with Gasteiger partial charge in [0.05, 0.1) is 4.90 Å². The number of benzene rings is 1. The number of nitrogens with one attached hydrogen (secondary N) is 1. The lowest BCUT2D eigenvalue weighted by molar-refractivity contribution is -0.124. The van der Waals surface area contributed by atoms with Gasteiger partial charge < -0.3 is 5.32 Å². The largest absolute Gasteiger partial charge is 0.356 e. The Labute approximate surface area is 138 Å². The first-order valence-corrected chi connectivity index (χ1v) is 9.98. The zero-order valence-corrected chi connectivity index (χ0v) is 14.5. The van der Waals surface area contributed by atoms with Crippen LogP contribution in [0.1, 0.15) is 24.8 Å². The topological polar surface area (TPSA) is 66.5 Å². The predicted octanol–water partition coefficient (Wildman–Crippen LogP) is 1.44. The van der Waals surface area contributed by atoms with Crippen molar-refractivity contribution in [2.45, 2.75) is 36.7 Å². The average molecular weight is 336 g/mol. The van der Waals surface area contributed by atoms with E-state index in [0.717, 1.165) is 31.5 Å². The van der Waals surface area contributed by atoms with Crippen LogP contribution in [-0.2, 0) is 21.2 Å². The number of sulfone groups is 1. The smallest absolute Gasteiger partial charge is 0.220 e. The van der Waals surface area contributed by atoms with Crippen molar-refractivity contribution in [3.8, 4) is 0 Å².